The van der Waals surface area contributed by atoms with Gasteiger partial charge in [-0.15, -0.1) is 0 Å². The Bertz CT molecular complexity index is 639. The zero-order valence-electron chi connectivity index (χ0n) is 13.0. The van der Waals surface area contributed by atoms with Crippen LogP contribution in [-0.2, 0) is 0 Å². The van der Waals surface area contributed by atoms with Crippen molar-refractivity contribution >= 4 is 34.1 Å². The largest absolute Gasteiger partial charge is 0.477 e. The van der Waals surface area contributed by atoms with Crippen LogP contribution < -0.4 is 4.74 Å². The number of thioether (sulfide) groups is 1. The fourth-order valence-corrected chi connectivity index (χ4v) is 2.64. The monoisotopic (exact) mass is 340 g/mol. The van der Waals surface area contributed by atoms with Crippen molar-refractivity contribution in [1.29, 1.82) is 0 Å². The number of pyridine rings is 2. The molecule has 0 aliphatic heterocycles. The summed E-state index contributed by atoms with van der Waals surface area (Å²) in [5.74, 6) is 0.541. The lowest BCUT2D eigenvalue weighted by atomic mass is 10.0. The summed E-state index contributed by atoms with van der Waals surface area (Å²) in [4.78, 5) is 8.47. The summed E-state index contributed by atoms with van der Waals surface area (Å²) >= 11 is 7.81. The lowest BCUT2D eigenvalue weighted by molar-refractivity contribution is 0.174. The van der Waals surface area contributed by atoms with E-state index in [1.165, 1.54) is 0 Å². The Morgan fingerprint density at radius 1 is 1.32 bits per heavy atom. The summed E-state index contributed by atoms with van der Waals surface area (Å²) in [6, 6.07) is 1.75. The molecule has 120 valence electrons. The molecule has 0 bridgehead atoms. The van der Waals surface area contributed by atoms with Crippen LogP contribution in [0.25, 0.3) is 10.8 Å². The van der Waals surface area contributed by atoms with Crippen LogP contribution in [-0.4, -0.2) is 33.2 Å². The number of hydrogen-bond acceptors (Lipinski definition) is 5. The molecule has 4 nitrogen and oxygen atoms in total. The van der Waals surface area contributed by atoms with Crippen LogP contribution in [0, 0.1) is 0 Å². The molecule has 0 amide bonds. The highest BCUT2D eigenvalue weighted by molar-refractivity contribution is 7.99. The van der Waals surface area contributed by atoms with Gasteiger partial charge in [0.15, 0.2) is 0 Å². The predicted octanol–water partition coefficient (Wildman–Crippen LogP) is 4.25. The lowest BCUT2D eigenvalue weighted by Gasteiger charge is -2.15. The molecule has 22 heavy (non-hydrogen) atoms. The molecule has 2 atom stereocenters. The number of nitrogens with zero attached hydrogens (tertiary/aromatic N) is 2. The first-order chi connectivity index (χ1) is 10.6. The second kappa shape index (κ2) is 7.99. The van der Waals surface area contributed by atoms with Gasteiger partial charge in [0.05, 0.1) is 18.1 Å². The Morgan fingerprint density at radius 2 is 2.09 bits per heavy atom. The molecular weight excluding hydrogens is 320 g/mol. The number of rotatable bonds is 7. The van der Waals surface area contributed by atoms with Gasteiger partial charge in [-0.3, -0.25) is 0 Å². The number of aromatic nitrogens is 2. The van der Waals surface area contributed by atoms with Crippen molar-refractivity contribution in [2.24, 2.45) is 0 Å². The number of ether oxygens (including phenoxy) is 1. The Balaban J connectivity index is 2.32. The molecule has 1 N–H and O–H groups in total. The Kier molecular flexibility index (Phi) is 6.29. The summed E-state index contributed by atoms with van der Waals surface area (Å²) in [6.07, 6.45) is 6.40. The summed E-state index contributed by atoms with van der Waals surface area (Å²) in [5.41, 5.74) is 0.756. The molecule has 0 aliphatic carbocycles. The SMILES string of the molecule is CCC(O)c1cnc(OCCC(C)SC)c2cnc(Cl)cc12. The highest BCUT2D eigenvalue weighted by atomic mass is 35.5. The van der Waals surface area contributed by atoms with Crippen molar-refractivity contribution in [1.82, 2.24) is 9.97 Å². The molecule has 0 aliphatic rings. The maximum Gasteiger partial charge on any atom is 0.222 e. The van der Waals surface area contributed by atoms with Crippen LogP contribution in [0.2, 0.25) is 5.15 Å². The highest BCUT2D eigenvalue weighted by Gasteiger charge is 2.15. The minimum Gasteiger partial charge on any atom is -0.477 e. The van der Waals surface area contributed by atoms with Gasteiger partial charge in [0.1, 0.15) is 5.15 Å². The highest BCUT2D eigenvalue weighted by Crippen LogP contribution is 2.31. The van der Waals surface area contributed by atoms with Crippen molar-refractivity contribution in [3.63, 3.8) is 0 Å². The number of fused-ring (bicyclic) bond motifs is 1. The van der Waals surface area contributed by atoms with Gasteiger partial charge in [0.2, 0.25) is 5.88 Å². The maximum atomic E-state index is 10.1. The van der Waals surface area contributed by atoms with E-state index in [0.29, 0.717) is 29.3 Å². The Labute approximate surface area is 140 Å². The lowest BCUT2D eigenvalue weighted by Crippen LogP contribution is -2.07. The molecule has 2 rings (SSSR count). The third-order valence-corrected chi connectivity index (χ3v) is 4.89. The van der Waals surface area contributed by atoms with E-state index in [4.69, 9.17) is 16.3 Å². The van der Waals surface area contributed by atoms with E-state index < -0.39 is 6.10 Å². The third-order valence-electron chi connectivity index (χ3n) is 3.64. The normalized spacial score (nSPS) is 14.0. The molecule has 2 unspecified atom stereocenters. The average molecular weight is 341 g/mol. The maximum absolute atomic E-state index is 10.1. The fourth-order valence-electron chi connectivity index (χ4n) is 2.15. The molecular formula is C16H21ClN2O2S. The van der Waals surface area contributed by atoms with E-state index in [9.17, 15) is 5.11 Å². The van der Waals surface area contributed by atoms with Crippen molar-refractivity contribution in [3.8, 4) is 5.88 Å². The molecule has 6 heteroatoms. The Hall–Kier alpha value is -1.04. The van der Waals surface area contributed by atoms with E-state index in [1.807, 2.05) is 18.7 Å². The first-order valence-corrected chi connectivity index (χ1v) is 9.01. The molecule has 0 aromatic carbocycles. The van der Waals surface area contributed by atoms with Crippen LogP contribution in [0.5, 0.6) is 5.88 Å². The summed E-state index contributed by atoms with van der Waals surface area (Å²) in [7, 11) is 0. The minimum absolute atomic E-state index is 0.394. The average Bonchev–Trinajstić information content (AvgIpc) is 2.53. The van der Waals surface area contributed by atoms with E-state index in [1.54, 1.807) is 18.5 Å². The van der Waals surface area contributed by atoms with Crippen molar-refractivity contribution in [3.05, 3.63) is 29.2 Å². The molecule has 0 fully saturated rings. The summed E-state index contributed by atoms with van der Waals surface area (Å²) in [5, 5.41) is 12.7. The van der Waals surface area contributed by atoms with Gasteiger partial charge in [-0.25, -0.2) is 9.97 Å². The molecule has 2 heterocycles. The van der Waals surface area contributed by atoms with Crippen LogP contribution >= 0.6 is 23.4 Å². The van der Waals surface area contributed by atoms with Gasteiger partial charge < -0.3 is 9.84 Å². The molecule has 2 aromatic rings. The quantitative estimate of drug-likeness (QED) is 0.764. The van der Waals surface area contributed by atoms with Gasteiger partial charge >= 0.3 is 0 Å². The van der Waals surface area contributed by atoms with Crippen molar-refractivity contribution in [2.45, 2.75) is 38.0 Å². The number of aliphatic hydroxyl groups excluding tert-OH is 1. The predicted molar refractivity (Wildman–Crippen MR) is 92.9 cm³/mol. The first kappa shape index (κ1) is 17.3. The molecule has 0 saturated carbocycles. The van der Waals surface area contributed by atoms with Crippen LogP contribution in [0.15, 0.2) is 18.5 Å². The molecule has 0 radical (unpaired) electrons. The molecule has 0 spiro atoms. The second-order valence-corrected chi connectivity index (χ2v) is 6.84. The van der Waals surface area contributed by atoms with E-state index >= 15 is 0 Å². The van der Waals surface area contributed by atoms with Gasteiger partial charge in [0, 0.05) is 23.2 Å². The standard InChI is InChI=1S/C16H21ClN2O2S/c1-4-14(20)12-8-19-16(21-6-5-10(2)22-3)13-9-18-15(17)7-11(12)13/h7-10,14,20H,4-6H2,1-3H3. The van der Waals surface area contributed by atoms with E-state index in [-0.39, 0.29) is 0 Å². The van der Waals surface area contributed by atoms with Gasteiger partial charge in [-0.2, -0.15) is 11.8 Å². The molecule has 0 saturated heterocycles. The van der Waals surface area contributed by atoms with E-state index in [2.05, 4.69) is 23.1 Å². The Morgan fingerprint density at radius 3 is 2.77 bits per heavy atom. The van der Waals surface area contributed by atoms with Crippen molar-refractivity contribution in [2.75, 3.05) is 12.9 Å². The number of aliphatic hydroxyl groups is 1. The van der Waals surface area contributed by atoms with E-state index in [0.717, 1.165) is 22.8 Å². The first-order valence-electron chi connectivity index (χ1n) is 7.34. The zero-order valence-corrected chi connectivity index (χ0v) is 14.6. The van der Waals surface area contributed by atoms with Crippen LogP contribution in [0.1, 0.15) is 38.4 Å². The zero-order chi connectivity index (χ0) is 16.1. The van der Waals surface area contributed by atoms with Gasteiger partial charge in [0.25, 0.3) is 0 Å². The van der Waals surface area contributed by atoms with Crippen LogP contribution in [0.3, 0.4) is 0 Å². The minimum atomic E-state index is -0.570. The van der Waals surface area contributed by atoms with Gasteiger partial charge in [-0.1, -0.05) is 25.4 Å². The number of hydrogen-bond donors (Lipinski definition) is 1. The van der Waals surface area contributed by atoms with Crippen molar-refractivity contribution < 1.29 is 9.84 Å². The summed E-state index contributed by atoms with van der Waals surface area (Å²) in [6.45, 7) is 4.69. The molecule has 2 aromatic heterocycles. The van der Waals surface area contributed by atoms with Gasteiger partial charge in [-0.05, 0) is 30.6 Å². The third kappa shape index (κ3) is 4.03. The number of halogens is 1. The topological polar surface area (TPSA) is 55.2 Å². The van der Waals surface area contributed by atoms with Crippen LogP contribution in [0.4, 0.5) is 0 Å². The summed E-state index contributed by atoms with van der Waals surface area (Å²) < 4.78 is 5.81. The smallest absolute Gasteiger partial charge is 0.222 e. The second-order valence-electron chi connectivity index (χ2n) is 5.18. The fraction of sp³-hybridized carbons (Fsp3) is 0.500.